The number of imidazole rings is 1. The lowest BCUT2D eigenvalue weighted by molar-refractivity contribution is -0.253. The largest absolute Gasteiger partial charge is 0.392 e. The van der Waals surface area contributed by atoms with Crippen molar-refractivity contribution < 1.29 is 24.2 Å². The van der Waals surface area contributed by atoms with Crippen molar-refractivity contribution in [3.05, 3.63) is 100.0 Å². The molecule has 11 nitrogen and oxygen atoms in total. The number of unbranched alkanes of at least 4 members (excludes halogenated alkanes) is 2. The zero-order valence-corrected chi connectivity index (χ0v) is 28.1. The Morgan fingerprint density at radius 3 is 2.39 bits per heavy atom. The molecule has 49 heavy (non-hydrogen) atoms. The molecule has 2 amide bonds. The summed E-state index contributed by atoms with van der Waals surface area (Å²) >= 11 is 0. The lowest BCUT2D eigenvalue weighted by Gasteiger charge is -2.40. The minimum Gasteiger partial charge on any atom is -0.392 e. The number of ether oxygens (including phenoxy) is 2. The number of H-pyrrole nitrogens is 1. The maximum absolute atomic E-state index is 12.8. The average Bonchev–Trinajstić information content (AvgIpc) is 3.45. The molecular weight excluding hydrogens is 622 g/mol. The molecule has 0 aliphatic carbocycles. The molecule has 4 aromatic rings. The van der Waals surface area contributed by atoms with Crippen LogP contribution < -0.4 is 16.3 Å². The Bertz CT molecular complexity index is 1740. The van der Waals surface area contributed by atoms with Gasteiger partial charge in [-0.25, -0.2) is 4.79 Å². The molecule has 2 saturated heterocycles. The molecule has 2 aliphatic heterocycles. The van der Waals surface area contributed by atoms with Crippen molar-refractivity contribution in [2.24, 2.45) is 0 Å². The van der Waals surface area contributed by atoms with Gasteiger partial charge in [0, 0.05) is 63.2 Å². The number of amides is 2. The van der Waals surface area contributed by atoms with Gasteiger partial charge in [0.05, 0.1) is 29.8 Å². The number of hydrogen-bond donors (Lipinski definition) is 4. The number of anilines is 1. The van der Waals surface area contributed by atoms with E-state index in [4.69, 9.17) is 9.47 Å². The zero-order chi connectivity index (χ0) is 34.2. The lowest BCUT2D eigenvalue weighted by atomic mass is 9.98. The van der Waals surface area contributed by atoms with Crippen molar-refractivity contribution in [2.45, 2.75) is 83.0 Å². The highest BCUT2D eigenvalue weighted by molar-refractivity contribution is 5.90. The van der Waals surface area contributed by atoms with Crippen LogP contribution in [0.2, 0.25) is 0 Å². The maximum atomic E-state index is 12.8. The van der Waals surface area contributed by atoms with Gasteiger partial charge in [-0.1, -0.05) is 55.0 Å². The van der Waals surface area contributed by atoms with Crippen molar-refractivity contribution in [2.75, 3.05) is 31.5 Å². The van der Waals surface area contributed by atoms with Crippen LogP contribution in [0.25, 0.3) is 11.0 Å². The first kappa shape index (κ1) is 34.6. The Labute approximate surface area is 286 Å². The Morgan fingerprint density at radius 1 is 0.918 bits per heavy atom. The second kappa shape index (κ2) is 16.4. The average molecular weight is 670 g/mol. The van der Waals surface area contributed by atoms with Crippen LogP contribution in [0.15, 0.2) is 77.6 Å². The molecule has 0 radical (unpaired) electrons. The Kier molecular flexibility index (Phi) is 11.6. The molecule has 260 valence electrons. The molecule has 0 spiro atoms. The molecule has 3 atom stereocenters. The number of benzene rings is 3. The number of nitrogens with zero attached hydrogens (tertiary/aromatic N) is 2. The standard InChI is InChI=1S/C38H47N5O6/c1-26(45)39-20-6-2-3-9-36(46)40-30-16-14-29(15-17-30)37-48-32(23-35(49-37)28-12-10-27(25-44)11-13-28)24-42-21-18-31(19-22-42)43-34-8-5-4-7-33(34)41-38(43)47/h4-5,7-8,10-17,31-32,35,37,44H,2-3,6,9,18-25H2,1H3,(H,39,45)(H,40,46)(H,41,47)/t32-,35+,37+/m0/s1. The van der Waals surface area contributed by atoms with E-state index < -0.39 is 6.29 Å². The second-order valence-corrected chi connectivity index (χ2v) is 13.2. The number of rotatable bonds is 13. The van der Waals surface area contributed by atoms with E-state index in [1.807, 2.05) is 77.4 Å². The van der Waals surface area contributed by atoms with Crippen molar-refractivity contribution in [1.82, 2.24) is 19.8 Å². The molecule has 6 rings (SSSR count). The third-order valence-corrected chi connectivity index (χ3v) is 9.54. The predicted octanol–water partition coefficient (Wildman–Crippen LogP) is 5.34. The number of carbonyl (C=O) groups excluding carboxylic acids is 2. The number of carbonyl (C=O) groups is 2. The summed E-state index contributed by atoms with van der Waals surface area (Å²) < 4.78 is 15.0. The zero-order valence-electron chi connectivity index (χ0n) is 28.1. The SMILES string of the molecule is CC(=O)NCCCCCC(=O)Nc1ccc([C@@H]2O[C@H](CN3CCC(n4c(=O)[nH]c5ccccc54)CC3)C[C@H](c3ccc(CO)cc3)O2)cc1. The quantitative estimate of drug-likeness (QED) is 0.141. The van der Waals surface area contributed by atoms with E-state index in [1.54, 1.807) is 0 Å². The summed E-state index contributed by atoms with van der Waals surface area (Å²) in [4.78, 5) is 41.7. The van der Waals surface area contributed by atoms with Crippen LogP contribution in [-0.2, 0) is 25.7 Å². The van der Waals surface area contributed by atoms with Gasteiger partial charge in [-0.3, -0.25) is 14.2 Å². The van der Waals surface area contributed by atoms with E-state index >= 15 is 0 Å². The van der Waals surface area contributed by atoms with Gasteiger partial charge < -0.3 is 35.1 Å². The summed E-state index contributed by atoms with van der Waals surface area (Å²) in [5.74, 6) is -0.0759. The number of piperidine rings is 1. The van der Waals surface area contributed by atoms with Gasteiger partial charge in [-0.05, 0) is 61.1 Å². The fourth-order valence-corrected chi connectivity index (χ4v) is 6.92. The Balaban J connectivity index is 1.07. The molecular formula is C38H47N5O6. The number of aromatic amines is 1. The van der Waals surface area contributed by atoms with Crippen molar-refractivity contribution in [1.29, 1.82) is 0 Å². The Hall–Kier alpha value is -4.29. The molecule has 4 N–H and O–H groups in total. The maximum Gasteiger partial charge on any atom is 0.326 e. The van der Waals surface area contributed by atoms with E-state index in [0.29, 0.717) is 25.1 Å². The fourth-order valence-electron chi connectivity index (χ4n) is 6.92. The van der Waals surface area contributed by atoms with Gasteiger partial charge >= 0.3 is 5.69 Å². The van der Waals surface area contributed by atoms with E-state index in [1.165, 1.54) is 6.92 Å². The molecule has 3 heterocycles. The third kappa shape index (κ3) is 9.04. The molecule has 11 heteroatoms. The van der Waals surface area contributed by atoms with E-state index in [-0.39, 0.29) is 42.4 Å². The predicted molar refractivity (Wildman–Crippen MR) is 188 cm³/mol. The molecule has 3 aromatic carbocycles. The highest BCUT2D eigenvalue weighted by Gasteiger charge is 2.34. The number of hydrogen-bond acceptors (Lipinski definition) is 7. The molecule has 0 unspecified atom stereocenters. The number of nitrogens with one attached hydrogen (secondary N) is 3. The van der Waals surface area contributed by atoms with Crippen molar-refractivity contribution in [3.63, 3.8) is 0 Å². The molecule has 2 fully saturated rings. The van der Waals surface area contributed by atoms with Gasteiger partial charge in [0.25, 0.3) is 0 Å². The van der Waals surface area contributed by atoms with Gasteiger partial charge in [0.15, 0.2) is 6.29 Å². The van der Waals surface area contributed by atoms with E-state index in [2.05, 4.69) is 20.5 Å². The number of aliphatic hydroxyl groups is 1. The summed E-state index contributed by atoms with van der Waals surface area (Å²) in [6, 6.07) is 23.5. The summed E-state index contributed by atoms with van der Waals surface area (Å²) in [5.41, 5.74) is 5.25. The normalized spacial score (nSPS) is 20.3. The number of fused-ring (bicyclic) bond motifs is 1. The monoisotopic (exact) mass is 669 g/mol. The van der Waals surface area contributed by atoms with Crippen molar-refractivity contribution in [3.8, 4) is 0 Å². The third-order valence-electron chi connectivity index (χ3n) is 9.54. The topological polar surface area (TPSA) is 138 Å². The number of aromatic nitrogens is 2. The number of aliphatic hydroxyl groups excluding tert-OH is 1. The van der Waals surface area contributed by atoms with Crippen LogP contribution in [0.3, 0.4) is 0 Å². The number of para-hydroxylation sites is 2. The Morgan fingerprint density at radius 2 is 1.65 bits per heavy atom. The fraction of sp³-hybridized carbons (Fsp3) is 0.447. The first-order chi connectivity index (χ1) is 23.9. The van der Waals surface area contributed by atoms with Gasteiger partial charge in [0.1, 0.15) is 0 Å². The highest BCUT2D eigenvalue weighted by atomic mass is 16.7. The molecule has 1 aromatic heterocycles. The highest BCUT2D eigenvalue weighted by Crippen LogP contribution is 2.39. The van der Waals surface area contributed by atoms with E-state index in [0.717, 1.165) is 79.5 Å². The summed E-state index contributed by atoms with van der Waals surface area (Å²) in [7, 11) is 0. The molecule has 0 saturated carbocycles. The van der Waals surface area contributed by atoms with Gasteiger partial charge in [0.2, 0.25) is 11.8 Å². The molecule has 2 aliphatic rings. The summed E-state index contributed by atoms with van der Waals surface area (Å²) in [5, 5.41) is 15.3. The van der Waals surface area contributed by atoms with Gasteiger partial charge in [-0.2, -0.15) is 0 Å². The first-order valence-electron chi connectivity index (χ1n) is 17.4. The van der Waals surface area contributed by atoms with Crippen LogP contribution in [0.5, 0.6) is 0 Å². The minimum absolute atomic E-state index is 0.0116. The van der Waals surface area contributed by atoms with Crippen LogP contribution >= 0.6 is 0 Å². The number of likely N-dealkylation sites (tertiary alicyclic amines) is 1. The van der Waals surface area contributed by atoms with Crippen LogP contribution in [0.1, 0.15) is 87.0 Å². The summed E-state index contributed by atoms with van der Waals surface area (Å²) in [6.45, 7) is 4.60. The second-order valence-electron chi connectivity index (χ2n) is 13.2. The smallest absolute Gasteiger partial charge is 0.326 e. The van der Waals surface area contributed by atoms with Crippen molar-refractivity contribution >= 4 is 28.5 Å². The van der Waals surface area contributed by atoms with Crippen LogP contribution in [0.4, 0.5) is 5.69 Å². The molecule has 0 bridgehead atoms. The first-order valence-corrected chi connectivity index (χ1v) is 17.4. The lowest BCUT2D eigenvalue weighted by Crippen LogP contribution is -2.43. The minimum atomic E-state index is -0.586. The summed E-state index contributed by atoms with van der Waals surface area (Å²) in [6.07, 6.45) is 4.49. The van der Waals surface area contributed by atoms with Crippen LogP contribution in [-0.4, -0.2) is 63.7 Å². The van der Waals surface area contributed by atoms with E-state index in [9.17, 15) is 19.5 Å². The van der Waals surface area contributed by atoms with Gasteiger partial charge in [-0.15, -0.1) is 0 Å². The van der Waals surface area contributed by atoms with Crippen LogP contribution in [0, 0.1) is 0 Å².